The Bertz CT molecular complexity index is 479. The van der Waals surface area contributed by atoms with Crippen LogP contribution in [0.4, 0.5) is 0 Å². The van der Waals surface area contributed by atoms with Crippen LogP contribution < -0.4 is 15.4 Å². The molecule has 114 valence electrons. The zero-order valence-corrected chi connectivity index (χ0v) is 12.4. The van der Waals surface area contributed by atoms with Gasteiger partial charge in [-0.15, -0.1) is 0 Å². The molecule has 2 aliphatic carbocycles. The standard InChI is InChI=1S/C17H24N2O2/c20-17(19-15-6-2-3-7-15)12-21-16-8-4-1-5-13(16)11-18-14-9-10-14/h1,4-5,8,14-15,18H,2-3,6-7,9-12H2,(H,19,20). The predicted octanol–water partition coefficient (Wildman–Crippen LogP) is 2.38. The molecule has 0 spiro atoms. The molecule has 2 fully saturated rings. The van der Waals surface area contributed by atoms with Crippen molar-refractivity contribution in [3.63, 3.8) is 0 Å². The van der Waals surface area contributed by atoms with E-state index in [9.17, 15) is 4.79 Å². The van der Waals surface area contributed by atoms with Crippen LogP contribution in [0.1, 0.15) is 44.1 Å². The van der Waals surface area contributed by atoms with Crippen molar-refractivity contribution in [3.05, 3.63) is 29.8 Å². The van der Waals surface area contributed by atoms with Crippen molar-refractivity contribution in [2.24, 2.45) is 0 Å². The van der Waals surface area contributed by atoms with Crippen molar-refractivity contribution >= 4 is 5.91 Å². The molecule has 0 saturated heterocycles. The summed E-state index contributed by atoms with van der Waals surface area (Å²) < 4.78 is 5.71. The molecule has 2 aliphatic rings. The van der Waals surface area contributed by atoms with E-state index in [1.165, 1.54) is 25.7 Å². The highest BCUT2D eigenvalue weighted by Gasteiger charge is 2.21. The Kier molecular flexibility index (Phi) is 4.76. The maximum Gasteiger partial charge on any atom is 0.258 e. The summed E-state index contributed by atoms with van der Waals surface area (Å²) in [6, 6.07) is 8.98. The van der Waals surface area contributed by atoms with Gasteiger partial charge in [0, 0.05) is 24.2 Å². The second-order valence-corrected chi connectivity index (χ2v) is 6.10. The van der Waals surface area contributed by atoms with Crippen LogP contribution in [0.5, 0.6) is 5.75 Å². The molecule has 0 aromatic heterocycles. The Labute approximate surface area is 126 Å². The minimum absolute atomic E-state index is 0.00754. The Morgan fingerprint density at radius 1 is 1.10 bits per heavy atom. The predicted molar refractivity (Wildman–Crippen MR) is 82.2 cm³/mol. The summed E-state index contributed by atoms with van der Waals surface area (Å²) in [4.78, 5) is 11.9. The van der Waals surface area contributed by atoms with Crippen molar-refractivity contribution in [2.75, 3.05) is 6.61 Å². The molecule has 2 N–H and O–H groups in total. The van der Waals surface area contributed by atoms with Crippen molar-refractivity contribution < 1.29 is 9.53 Å². The van der Waals surface area contributed by atoms with E-state index in [0.29, 0.717) is 12.1 Å². The lowest BCUT2D eigenvalue weighted by molar-refractivity contribution is -0.123. The second-order valence-electron chi connectivity index (χ2n) is 6.10. The van der Waals surface area contributed by atoms with E-state index in [1.807, 2.05) is 18.2 Å². The third-order valence-corrected chi connectivity index (χ3v) is 4.21. The van der Waals surface area contributed by atoms with Crippen LogP contribution in [0.25, 0.3) is 0 Å². The summed E-state index contributed by atoms with van der Waals surface area (Å²) in [6.07, 6.45) is 7.20. The first-order valence-corrected chi connectivity index (χ1v) is 8.05. The molecule has 21 heavy (non-hydrogen) atoms. The third-order valence-electron chi connectivity index (χ3n) is 4.21. The number of benzene rings is 1. The van der Waals surface area contributed by atoms with E-state index in [-0.39, 0.29) is 12.5 Å². The second kappa shape index (κ2) is 6.94. The molecule has 0 bridgehead atoms. The van der Waals surface area contributed by atoms with Crippen LogP contribution in [0.15, 0.2) is 24.3 Å². The van der Waals surface area contributed by atoms with Crippen LogP contribution in [-0.2, 0) is 11.3 Å². The molecule has 3 rings (SSSR count). The summed E-state index contributed by atoms with van der Waals surface area (Å²) in [5, 5.41) is 6.53. The molecule has 0 aliphatic heterocycles. The molecule has 2 saturated carbocycles. The number of hydrogen-bond donors (Lipinski definition) is 2. The summed E-state index contributed by atoms with van der Waals surface area (Å²) in [5.74, 6) is 0.805. The molecule has 0 radical (unpaired) electrons. The fourth-order valence-electron chi connectivity index (χ4n) is 2.82. The van der Waals surface area contributed by atoms with E-state index < -0.39 is 0 Å². The van der Waals surface area contributed by atoms with E-state index in [0.717, 1.165) is 30.7 Å². The number of carbonyl (C=O) groups excluding carboxylic acids is 1. The van der Waals surface area contributed by atoms with Gasteiger partial charge in [-0.2, -0.15) is 0 Å². The lowest BCUT2D eigenvalue weighted by atomic mass is 10.2. The first-order valence-electron chi connectivity index (χ1n) is 8.05. The van der Waals surface area contributed by atoms with E-state index >= 15 is 0 Å². The summed E-state index contributed by atoms with van der Waals surface area (Å²) in [6.45, 7) is 0.919. The van der Waals surface area contributed by atoms with Crippen LogP contribution in [0.2, 0.25) is 0 Å². The molecule has 1 amide bonds. The molecule has 4 nitrogen and oxygen atoms in total. The van der Waals surface area contributed by atoms with E-state index in [1.54, 1.807) is 0 Å². The molecule has 4 heteroatoms. The minimum Gasteiger partial charge on any atom is -0.483 e. The van der Waals surface area contributed by atoms with Gasteiger partial charge in [0.1, 0.15) is 5.75 Å². The molecule has 0 heterocycles. The van der Waals surface area contributed by atoms with Crippen molar-refractivity contribution in [1.82, 2.24) is 10.6 Å². The highest BCUT2D eigenvalue weighted by molar-refractivity contribution is 5.77. The fourth-order valence-corrected chi connectivity index (χ4v) is 2.82. The molecular formula is C17H24N2O2. The Morgan fingerprint density at radius 2 is 1.86 bits per heavy atom. The van der Waals surface area contributed by atoms with Gasteiger partial charge in [-0.3, -0.25) is 4.79 Å². The number of rotatable bonds is 7. The SMILES string of the molecule is O=C(COc1ccccc1CNC1CC1)NC1CCCC1. The number of carbonyl (C=O) groups is 1. The van der Waals surface area contributed by atoms with Gasteiger partial charge < -0.3 is 15.4 Å². The average Bonchev–Trinajstić information content (AvgIpc) is 3.20. The number of ether oxygens (including phenoxy) is 1. The quantitative estimate of drug-likeness (QED) is 0.810. The van der Waals surface area contributed by atoms with Gasteiger partial charge >= 0.3 is 0 Å². The molecule has 1 aromatic rings. The minimum atomic E-state index is -0.00754. The zero-order chi connectivity index (χ0) is 14.5. The number of amides is 1. The Balaban J connectivity index is 1.47. The smallest absolute Gasteiger partial charge is 0.258 e. The lowest BCUT2D eigenvalue weighted by Crippen LogP contribution is -2.36. The average molecular weight is 288 g/mol. The lowest BCUT2D eigenvalue weighted by Gasteiger charge is -2.14. The van der Waals surface area contributed by atoms with Gasteiger partial charge in [0.25, 0.3) is 5.91 Å². The monoisotopic (exact) mass is 288 g/mol. The summed E-state index contributed by atoms with van der Waals surface area (Å²) >= 11 is 0. The fraction of sp³-hybridized carbons (Fsp3) is 0.588. The van der Waals surface area contributed by atoms with E-state index in [4.69, 9.17) is 4.74 Å². The Hall–Kier alpha value is -1.55. The molecule has 1 aromatic carbocycles. The van der Waals surface area contributed by atoms with Crippen molar-refractivity contribution in [2.45, 2.75) is 57.2 Å². The van der Waals surface area contributed by atoms with Crippen LogP contribution >= 0.6 is 0 Å². The van der Waals surface area contributed by atoms with Crippen LogP contribution in [0, 0.1) is 0 Å². The highest BCUT2D eigenvalue weighted by atomic mass is 16.5. The van der Waals surface area contributed by atoms with Gasteiger partial charge in [-0.1, -0.05) is 31.0 Å². The largest absolute Gasteiger partial charge is 0.483 e. The van der Waals surface area contributed by atoms with Gasteiger partial charge in [-0.25, -0.2) is 0 Å². The van der Waals surface area contributed by atoms with Gasteiger partial charge in [0.15, 0.2) is 6.61 Å². The molecular weight excluding hydrogens is 264 g/mol. The maximum atomic E-state index is 11.9. The van der Waals surface area contributed by atoms with Crippen molar-refractivity contribution in [3.8, 4) is 5.75 Å². The highest BCUT2D eigenvalue weighted by Crippen LogP contribution is 2.22. The molecule has 0 atom stereocenters. The first kappa shape index (κ1) is 14.4. The Morgan fingerprint density at radius 3 is 2.62 bits per heavy atom. The third kappa shape index (κ3) is 4.46. The van der Waals surface area contributed by atoms with Crippen molar-refractivity contribution in [1.29, 1.82) is 0 Å². The first-order chi connectivity index (χ1) is 10.3. The van der Waals surface area contributed by atoms with E-state index in [2.05, 4.69) is 16.7 Å². The van der Waals surface area contributed by atoms with Crippen LogP contribution in [0.3, 0.4) is 0 Å². The number of hydrogen-bond acceptors (Lipinski definition) is 3. The number of nitrogens with one attached hydrogen (secondary N) is 2. The van der Waals surface area contributed by atoms with Gasteiger partial charge in [-0.05, 0) is 31.7 Å². The zero-order valence-electron chi connectivity index (χ0n) is 12.4. The topological polar surface area (TPSA) is 50.4 Å². The van der Waals surface area contributed by atoms with Gasteiger partial charge in [0.05, 0.1) is 0 Å². The normalized spacial score (nSPS) is 18.7. The summed E-state index contributed by atoms with van der Waals surface area (Å²) in [5.41, 5.74) is 1.12. The summed E-state index contributed by atoms with van der Waals surface area (Å²) in [7, 11) is 0. The molecule has 0 unspecified atom stereocenters. The van der Waals surface area contributed by atoms with Crippen LogP contribution in [-0.4, -0.2) is 24.6 Å². The van der Waals surface area contributed by atoms with Gasteiger partial charge in [0.2, 0.25) is 0 Å². The number of para-hydroxylation sites is 1. The maximum absolute atomic E-state index is 11.9.